The van der Waals surface area contributed by atoms with E-state index in [1.54, 1.807) is 4.68 Å². The van der Waals surface area contributed by atoms with E-state index in [-0.39, 0.29) is 0 Å². The van der Waals surface area contributed by atoms with Gasteiger partial charge in [0.15, 0.2) is 0 Å². The van der Waals surface area contributed by atoms with E-state index >= 15 is 0 Å². The molecule has 1 N–H and O–H groups in total. The van der Waals surface area contributed by atoms with Crippen LogP contribution in [0.1, 0.15) is 18.2 Å². The molecule has 0 fully saturated rings. The van der Waals surface area contributed by atoms with Crippen LogP contribution in [0.25, 0.3) is 0 Å². The van der Waals surface area contributed by atoms with Crippen LogP contribution in [-0.2, 0) is 19.9 Å². The first-order valence-electron chi connectivity index (χ1n) is 6.51. The molecule has 19 heavy (non-hydrogen) atoms. The van der Waals surface area contributed by atoms with E-state index in [9.17, 15) is 0 Å². The maximum absolute atomic E-state index is 6.22. The molecule has 1 heterocycles. The van der Waals surface area contributed by atoms with Gasteiger partial charge in [0.1, 0.15) is 0 Å². The van der Waals surface area contributed by atoms with Gasteiger partial charge in [-0.15, -0.1) is 5.10 Å². The lowest BCUT2D eigenvalue weighted by atomic mass is 10.0. The molecule has 0 aliphatic rings. The van der Waals surface area contributed by atoms with Crippen molar-refractivity contribution in [1.82, 2.24) is 20.3 Å². The van der Waals surface area contributed by atoms with Gasteiger partial charge in [-0.25, -0.2) is 0 Å². The highest BCUT2D eigenvalue weighted by atomic mass is 35.5. The Morgan fingerprint density at radius 2 is 2.11 bits per heavy atom. The van der Waals surface area contributed by atoms with E-state index in [2.05, 4.69) is 28.6 Å². The molecule has 0 bridgehead atoms. The number of benzene rings is 1. The Morgan fingerprint density at radius 3 is 2.74 bits per heavy atom. The molecule has 0 aliphatic heterocycles. The summed E-state index contributed by atoms with van der Waals surface area (Å²) in [5, 5.41) is 12.4. The molecular weight excluding hydrogens is 260 g/mol. The maximum atomic E-state index is 6.22. The van der Waals surface area contributed by atoms with Gasteiger partial charge in [0.05, 0.1) is 5.69 Å². The van der Waals surface area contributed by atoms with E-state index in [4.69, 9.17) is 11.6 Å². The number of hydrogen-bond donors (Lipinski definition) is 1. The van der Waals surface area contributed by atoms with Crippen LogP contribution < -0.4 is 5.32 Å². The second-order valence-electron chi connectivity index (χ2n) is 4.64. The Hall–Kier alpha value is -1.39. The molecule has 4 nitrogen and oxygen atoms in total. The standard InChI is InChI=1S/C14H19ClN4/c1-3-16-12(9-13-10-19(2)18-17-13)8-11-6-4-5-7-14(11)15/h4-7,10,12,16H,3,8-9H2,1-2H3. The Bertz CT molecular complexity index is 524. The third-order valence-corrected chi connectivity index (χ3v) is 3.39. The second kappa shape index (κ2) is 6.68. The van der Waals surface area contributed by atoms with Crippen molar-refractivity contribution in [2.45, 2.75) is 25.8 Å². The highest BCUT2D eigenvalue weighted by Gasteiger charge is 2.13. The van der Waals surface area contributed by atoms with Crippen LogP contribution in [0, 0.1) is 0 Å². The predicted octanol–water partition coefficient (Wildman–Crippen LogP) is 2.23. The molecule has 0 spiro atoms. The zero-order valence-electron chi connectivity index (χ0n) is 11.3. The molecule has 1 aromatic heterocycles. The molecule has 0 radical (unpaired) electrons. The van der Waals surface area contributed by atoms with Gasteiger partial charge < -0.3 is 5.32 Å². The topological polar surface area (TPSA) is 42.7 Å². The molecule has 2 rings (SSSR count). The van der Waals surface area contributed by atoms with Crippen molar-refractivity contribution < 1.29 is 0 Å². The number of nitrogens with zero attached hydrogens (tertiary/aromatic N) is 3. The van der Waals surface area contributed by atoms with Gasteiger partial charge >= 0.3 is 0 Å². The van der Waals surface area contributed by atoms with Crippen LogP contribution in [0.2, 0.25) is 5.02 Å². The highest BCUT2D eigenvalue weighted by molar-refractivity contribution is 6.31. The summed E-state index contributed by atoms with van der Waals surface area (Å²) >= 11 is 6.22. The van der Waals surface area contributed by atoms with Crippen molar-refractivity contribution in [2.75, 3.05) is 6.54 Å². The molecule has 2 aromatic rings. The minimum Gasteiger partial charge on any atom is -0.314 e. The SMILES string of the molecule is CCNC(Cc1cn(C)nn1)Cc1ccccc1Cl. The minimum atomic E-state index is 0.321. The number of rotatable bonds is 6. The number of halogens is 1. The summed E-state index contributed by atoms with van der Waals surface area (Å²) in [4.78, 5) is 0. The first-order valence-corrected chi connectivity index (χ1v) is 6.88. The van der Waals surface area contributed by atoms with Crippen LogP contribution >= 0.6 is 11.6 Å². The second-order valence-corrected chi connectivity index (χ2v) is 5.05. The van der Waals surface area contributed by atoms with Crippen molar-refractivity contribution >= 4 is 11.6 Å². The average molecular weight is 279 g/mol. The van der Waals surface area contributed by atoms with Crippen molar-refractivity contribution in [3.8, 4) is 0 Å². The zero-order chi connectivity index (χ0) is 13.7. The normalized spacial score (nSPS) is 12.6. The Balaban J connectivity index is 2.06. The van der Waals surface area contributed by atoms with Crippen LogP contribution in [-0.4, -0.2) is 27.6 Å². The summed E-state index contributed by atoms with van der Waals surface area (Å²) < 4.78 is 1.73. The van der Waals surface area contributed by atoms with Crippen LogP contribution in [0.3, 0.4) is 0 Å². The summed E-state index contributed by atoms with van der Waals surface area (Å²) in [6.45, 7) is 3.03. The van der Waals surface area contributed by atoms with E-state index < -0.39 is 0 Å². The molecule has 1 aromatic carbocycles. The predicted molar refractivity (Wildman–Crippen MR) is 77.3 cm³/mol. The van der Waals surface area contributed by atoms with E-state index in [0.717, 1.165) is 30.1 Å². The van der Waals surface area contributed by atoms with Gasteiger partial charge in [0.25, 0.3) is 0 Å². The fourth-order valence-corrected chi connectivity index (χ4v) is 2.39. The van der Waals surface area contributed by atoms with E-state index in [1.165, 1.54) is 5.56 Å². The molecule has 1 unspecified atom stereocenters. The van der Waals surface area contributed by atoms with Crippen molar-refractivity contribution in [3.63, 3.8) is 0 Å². The van der Waals surface area contributed by atoms with Gasteiger partial charge in [-0.3, -0.25) is 4.68 Å². The fourth-order valence-electron chi connectivity index (χ4n) is 2.18. The Kier molecular flexibility index (Phi) is 4.93. The van der Waals surface area contributed by atoms with Gasteiger partial charge in [0, 0.05) is 30.7 Å². The Labute approximate surface area is 118 Å². The number of likely N-dealkylation sites (N-methyl/N-ethyl adjacent to an activating group) is 1. The van der Waals surface area contributed by atoms with Crippen molar-refractivity contribution in [2.24, 2.45) is 7.05 Å². The largest absolute Gasteiger partial charge is 0.314 e. The summed E-state index contributed by atoms with van der Waals surface area (Å²) in [6, 6.07) is 8.30. The smallest absolute Gasteiger partial charge is 0.0842 e. The Morgan fingerprint density at radius 1 is 1.32 bits per heavy atom. The van der Waals surface area contributed by atoms with Gasteiger partial charge in [-0.1, -0.05) is 41.9 Å². The van der Waals surface area contributed by atoms with Crippen molar-refractivity contribution in [1.29, 1.82) is 0 Å². The van der Waals surface area contributed by atoms with Gasteiger partial charge in [-0.05, 0) is 24.6 Å². The molecule has 0 aliphatic carbocycles. The van der Waals surface area contributed by atoms with Crippen LogP contribution in [0.5, 0.6) is 0 Å². The average Bonchev–Trinajstić information content (AvgIpc) is 2.78. The third-order valence-electron chi connectivity index (χ3n) is 3.02. The first kappa shape index (κ1) is 14.0. The number of aryl methyl sites for hydroxylation is 1. The molecular formula is C14H19ClN4. The summed E-state index contributed by atoms with van der Waals surface area (Å²) in [5.74, 6) is 0. The molecule has 0 amide bonds. The van der Waals surface area contributed by atoms with E-state index in [0.29, 0.717) is 6.04 Å². The van der Waals surface area contributed by atoms with Gasteiger partial charge in [0.2, 0.25) is 0 Å². The monoisotopic (exact) mass is 278 g/mol. The zero-order valence-corrected chi connectivity index (χ0v) is 12.1. The van der Waals surface area contributed by atoms with Crippen LogP contribution in [0.4, 0.5) is 0 Å². The van der Waals surface area contributed by atoms with Gasteiger partial charge in [-0.2, -0.15) is 0 Å². The van der Waals surface area contributed by atoms with E-state index in [1.807, 2.05) is 31.4 Å². The molecule has 1 atom stereocenters. The highest BCUT2D eigenvalue weighted by Crippen LogP contribution is 2.17. The lowest BCUT2D eigenvalue weighted by Crippen LogP contribution is -2.33. The summed E-state index contributed by atoms with van der Waals surface area (Å²) in [5.41, 5.74) is 2.17. The first-order chi connectivity index (χ1) is 9.19. The van der Waals surface area contributed by atoms with Crippen LogP contribution in [0.15, 0.2) is 30.5 Å². The minimum absolute atomic E-state index is 0.321. The van der Waals surface area contributed by atoms with Crippen molar-refractivity contribution in [3.05, 3.63) is 46.7 Å². The molecule has 0 saturated carbocycles. The molecule has 0 saturated heterocycles. The fraction of sp³-hybridized carbons (Fsp3) is 0.429. The lowest BCUT2D eigenvalue weighted by molar-refractivity contribution is 0.516. The quantitative estimate of drug-likeness (QED) is 0.881. The third kappa shape index (κ3) is 4.04. The maximum Gasteiger partial charge on any atom is 0.0842 e. The summed E-state index contributed by atoms with van der Waals surface area (Å²) in [7, 11) is 1.88. The number of hydrogen-bond acceptors (Lipinski definition) is 3. The molecule has 5 heteroatoms. The lowest BCUT2D eigenvalue weighted by Gasteiger charge is -2.17. The number of aromatic nitrogens is 3. The molecule has 102 valence electrons. The number of nitrogens with one attached hydrogen (secondary N) is 1. The summed E-state index contributed by atoms with van der Waals surface area (Å²) in [6.07, 6.45) is 3.70.